The van der Waals surface area contributed by atoms with Crippen LogP contribution in [-0.4, -0.2) is 30.1 Å². The number of rotatable bonds is 11. The molecule has 6 aromatic rings. The molecule has 0 saturated heterocycles. The van der Waals surface area contributed by atoms with Crippen LogP contribution in [0.3, 0.4) is 0 Å². The third-order valence-electron chi connectivity index (χ3n) is 8.65. The minimum Gasteiger partial charge on any atom is -0.373 e. The average Bonchev–Trinajstić information content (AvgIpc) is 3.11. The summed E-state index contributed by atoms with van der Waals surface area (Å²) >= 11 is 0. The van der Waals surface area contributed by atoms with Gasteiger partial charge in [-0.1, -0.05) is 72.8 Å². The summed E-state index contributed by atoms with van der Waals surface area (Å²) in [5.41, 5.74) is 12.5. The Hall–Kier alpha value is -4.98. The molecule has 0 aliphatic carbocycles. The number of hydrogen-bond donors (Lipinski definition) is 0. The smallest absolute Gasteiger partial charge is 0.373 e. The summed E-state index contributed by atoms with van der Waals surface area (Å²) < 4.78 is 17.1. The molecule has 6 aromatic carbocycles. The molecule has 0 spiro atoms. The summed E-state index contributed by atoms with van der Waals surface area (Å²) in [6, 6.07) is 51.7. The molecule has 0 unspecified atom stereocenters. The lowest BCUT2D eigenvalue weighted by molar-refractivity contribution is 0.140. The fourth-order valence-corrected chi connectivity index (χ4v) is 8.00. The lowest BCUT2D eigenvalue weighted by Crippen LogP contribution is -2.54. The van der Waals surface area contributed by atoms with Gasteiger partial charge in [0.05, 0.1) is 0 Å². The lowest BCUT2D eigenvalue weighted by atomic mass is 10.0. The zero-order chi connectivity index (χ0) is 33.7. The summed E-state index contributed by atoms with van der Waals surface area (Å²) in [4.78, 5) is 4.58. The van der Waals surface area contributed by atoms with Crippen molar-refractivity contribution in [2.45, 2.75) is 20.8 Å². The fourth-order valence-electron chi connectivity index (χ4n) is 6.22. The van der Waals surface area contributed by atoms with Crippen molar-refractivity contribution < 1.29 is 13.3 Å². The first-order valence-electron chi connectivity index (χ1n) is 16.1. The maximum atomic E-state index is 5.72. The van der Waals surface area contributed by atoms with Crippen molar-refractivity contribution in [1.29, 1.82) is 0 Å². The molecule has 0 heterocycles. The van der Waals surface area contributed by atoms with Crippen LogP contribution < -0.4 is 15.0 Å². The van der Waals surface area contributed by atoms with Crippen LogP contribution in [0.15, 0.2) is 146 Å². The van der Waals surface area contributed by atoms with Crippen LogP contribution in [-0.2, 0) is 13.3 Å². The molecule has 0 aliphatic rings. The molecule has 0 saturated carbocycles. The Labute approximate surface area is 286 Å². The minimum atomic E-state index is -2.94. The van der Waals surface area contributed by atoms with Gasteiger partial charge in [-0.2, -0.15) is 0 Å². The highest BCUT2D eigenvalue weighted by atomic mass is 28.4. The molecule has 6 rings (SSSR count). The van der Waals surface area contributed by atoms with Crippen LogP contribution >= 0.6 is 0 Å². The van der Waals surface area contributed by atoms with Gasteiger partial charge >= 0.3 is 8.80 Å². The van der Waals surface area contributed by atoms with E-state index in [1.165, 1.54) is 16.7 Å². The molecule has 242 valence electrons. The highest BCUT2D eigenvalue weighted by Crippen LogP contribution is 2.38. The Morgan fingerprint density at radius 2 is 0.688 bits per heavy atom. The molecule has 0 bridgehead atoms. The van der Waals surface area contributed by atoms with Gasteiger partial charge in [0.25, 0.3) is 0 Å². The summed E-state index contributed by atoms with van der Waals surface area (Å²) in [7, 11) is 1.95. The van der Waals surface area contributed by atoms with E-state index in [0.29, 0.717) is 0 Å². The molecule has 0 aromatic heterocycles. The minimum absolute atomic E-state index is 0.908. The molecule has 0 amide bonds. The van der Waals surface area contributed by atoms with Gasteiger partial charge in [0.15, 0.2) is 0 Å². The number of benzene rings is 6. The second-order valence-corrected chi connectivity index (χ2v) is 14.9. The van der Waals surface area contributed by atoms with E-state index in [1.807, 2.05) is 12.1 Å². The van der Waals surface area contributed by atoms with Gasteiger partial charge in [-0.25, -0.2) is 0 Å². The maximum absolute atomic E-state index is 5.72. The monoisotopic (exact) mass is 650 g/mol. The second-order valence-electron chi connectivity index (χ2n) is 12.0. The Morgan fingerprint density at radius 1 is 0.375 bits per heavy atom. The normalized spacial score (nSPS) is 11.4. The van der Waals surface area contributed by atoms with E-state index in [0.717, 1.165) is 50.4 Å². The van der Waals surface area contributed by atoms with Gasteiger partial charge in [-0.3, -0.25) is 0 Å². The van der Waals surface area contributed by atoms with Crippen LogP contribution in [0, 0.1) is 20.8 Å². The van der Waals surface area contributed by atoms with E-state index in [-0.39, 0.29) is 0 Å². The highest BCUT2D eigenvalue weighted by Gasteiger charge is 2.40. The van der Waals surface area contributed by atoms with Crippen molar-refractivity contribution in [2.24, 2.45) is 0 Å². The third-order valence-corrected chi connectivity index (χ3v) is 11.3. The predicted octanol–water partition coefficient (Wildman–Crippen LogP) is 10.3. The molecular weight excluding hydrogens is 609 g/mol. The summed E-state index contributed by atoms with van der Waals surface area (Å²) in [5, 5.41) is 0.908. The largest absolute Gasteiger partial charge is 0.536 e. The predicted molar refractivity (Wildman–Crippen MR) is 202 cm³/mol. The fraction of sp³-hybridized carbons (Fsp3) is 0.143. The van der Waals surface area contributed by atoms with Gasteiger partial charge in [0.1, 0.15) is 0 Å². The quantitative estimate of drug-likeness (QED) is 0.130. The second kappa shape index (κ2) is 14.4. The van der Waals surface area contributed by atoms with Gasteiger partial charge in [-0.15, -0.1) is 0 Å². The van der Waals surface area contributed by atoms with Crippen molar-refractivity contribution in [3.63, 3.8) is 0 Å². The SMILES string of the molecule is CO[Si](OC)(OC)c1ccc(N(c2ccc(-c3ccc(N(c4cccc(C)c4)c4cccc(C)c4)cc3)cc2)c2cccc(C)c2)cc1. The molecule has 0 aliphatic heterocycles. The third kappa shape index (κ3) is 6.84. The van der Waals surface area contributed by atoms with Crippen molar-refractivity contribution in [3.8, 4) is 11.1 Å². The van der Waals surface area contributed by atoms with Crippen LogP contribution in [0.1, 0.15) is 16.7 Å². The Balaban J connectivity index is 1.32. The standard InChI is InChI=1S/C42H42N2O3Si/c1-31-10-7-13-39(28-31)43(38-24-26-42(27-25-38)48(45-4,46-5)47-6)36-20-16-34(17-21-36)35-18-22-37(23-19-35)44(40-14-8-11-32(2)29-40)41-15-9-12-33(3)30-41/h7-30H,1-6H3. The summed E-state index contributed by atoms with van der Waals surface area (Å²) in [6.45, 7) is 6.39. The Kier molecular flexibility index (Phi) is 9.89. The van der Waals surface area contributed by atoms with Crippen LogP contribution in [0.4, 0.5) is 34.1 Å². The van der Waals surface area contributed by atoms with Crippen molar-refractivity contribution in [3.05, 3.63) is 162 Å². The van der Waals surface area contributed by atoms with Crippen LogP contribution in [0.2, 0.25) is 0 Å². The first-order valence-corrected chi connectivity index (χ1v) is 17.8. The van der Waals surface area contributed by atoms with E-state index in [9.17, 15) is 0 Å². The molecule has 6 heteroatoms. The molecular formula is C42H42N2O3Si. The lowest BCUT2D eigenvalue weighted by Gasteiger charge is -2.28. The van der Waals surface area contributed by atoms with Gasteiger partial charge in [-0.05, 0) is 121 Å². The number of nitrogens with zero attached hydrogens (tertiary/aromatic N) is 2. The Bertz CT molecular complexity index is 1920. The van der Waals surface area contributed by atoms with E-state index in [1.54, 1.807) is 21.3 Å². The molecule has 0 N–H and O–H groups in total. The number of anilines is 6. The zero-order valence-electron chi connectivity index (χ0n) is 28.5. The van der Waals surface area contributed by atoms with E-state index in [2.05, 4.69) is 164 Å². The number of hydrogen-bond acceptors (Lipinski definition) is 5. The molecule has 0 radical (unpaired) electrons. The average molecular weight is 651 g/mol. The van der Waals surface area contributed by atoms with E-state index < -0.39 is 8.80 Å². The highest BCUT2D eigenvalue weighted by molar-refractivity contribution is 6.75. The molecule has 0 fully saturated rings. The van der Waals surface area contributed by atoms with Gasteiger partial charge in [0, 0.05) is 60.6 Å². The first kappa shape index (κ1) is 32.9. The van der Waals surface area contributed by atoms with Crippen molar-refractivity contribution in [1.82, 2.24) is 0 Å². The van der Waals surface area contributed by atoms with Crippen molar-refractivity contribution in [2.75, 3.05) is 31.1 Å². The molecule has 0 atom stereocenters. The summed E-state index contributed by atoms with van der Waals surface area (Å²) in [6.07, 6.45) is 0. The zero-order valence-corrected chi connectivity index (χ0v) is 29.5. The van der Waals surface area contributed by atoms with Crippen LogP contribution in [0.25, 0.3) is 11.1 Å². The van der Waals surface area contributed by atoms with Gasteiger partial charge < -0.3 is 23.1 Å². The first-order chi connectivity index (χ1) is 23.3. The summed E-state index contributed by atoms with van der Waals surface area (Å²) in [5.74, 6) is 0. The Morgan fingerprint density at radius 3 is 1.00 bits per heavy atom. The van der Waals surface area contributed by atoms with E-state index >= 15 is 0 Å². The molecule has 48 heavy (non-hydrogen) atoms. The van der Waals surface area contributed by atoms with Crippen molar-refractivity contribution >= 4 is 48.1 Å². The van der Waals surface area contributed by atoms with E-state index in [4.69, 9.17) is 13.3 Å². The number of aryl methyl sites for hydroxylation is 3. The van der Waals surface area contributed by atoms with Gasteiger partial charge in [0.2, 0.25) is 0 Å². The maximum Gasteiger partial charge on any atom is 0.536 e. The molecule has 5 nitrogen and oxygen atoms in total. The topological polar surface area (TPSA) is 34.2 Å². The van der Waals surface area contributed by atoms with Crippen LogP contribution in [0.5, 0.6) is 0 Å².